The molecule has 2 aliphatic rings. The Balaban J connectivity index is 1.38. The van der Waals surface area contributed by atoms with E-state index in [1.807, 2.05) is 24.3 Å². The number of fused-ring (bicyclic) bond motifs is 10. The van der Waals surface area contributed by atoms with Gasteiger partial charge in [0.2, 0.25) is 0 Å². The highest BCUT2D eigenvalue weighted by molar-refractivity contribution is 6.02. The summed E-state index contributed by atoms with van der Waals surface area (Å²) in [7, 11) is 0. The lowest BCUT2D eigenvalue weighted by Gasteiger charge is -2.32. The minimum Gasteiger partial charge on any atom is -0.309 e. The van der Waals surface area contributed by atoms with Crippen LogP contribution in [0.4, 0.5) is 30.2 Å². The Morgan fingerprint density at radius 3 is 1.51 bits per heavy atom. The Morgan fingerprint density at radius 2 is 0.872 bits per heavy atom. The number of rotatable bonds is 4. The van der Waals surface area contributed by atoms with Crippen molar-refractivity contribution < 1.29 is 13.2 Å². The van der Waals surface area contributed by atoms with E-state index in [1.165, 1.54) is 52.1 Å². The maximum atomic E-state index is 14.6. The second-order valence-corrected chi connectivity index (χ2v) is 12.1. The van der Waals surface area contributed by atoms with Crippen LogP contribution in [0.5, 0.6) is 0 Å². The molecule has 47 heavy (non-hydrogen) atoms. The van der Waals surface area contributed by atoms with Crippen molar-refractivity contribution in [2.24, 2.45) is 0 Å². The van der Waals surface area contributed by atoms with Crippen LogP contribution in [-0.2, 0) is 5.41 Å². The number of anilines is 3. The molecule has 0 atom stereocenters. The van der Waals surface area contributed by atoms with E-state index in [0.29, 0.717) is 16.8 Å². The van der Waals surface area contributed by atoms with Gasteiger partial charge in [0.15, 0.2) is 0 Å². The predicted molar refractivity (Wildman–Crippen MR) is 183 cm³/mol. The monoisotopic (exact) mass is 613 g/mol. The van der Waals surface area contributed by atoms with E-state index in [9.17, 15) is 13.2 Å². The molecule has 0 saturated heterocycles. The SMILES string of the molecule is Fc1ccc(N(c2ccccc2-c2cc(F)cc(F)c2)c2cccc3c2-c2ccccc2C32c3ccccc3-c3ccccc32)cc1. The summed E-state index contributed by atoms with van der Waals surface area (Å²) in [4.78, 5) is 2.08. The van der Waals surface area contributed by atoms with Crippen molar-refractivity contribution in [2.75, 3.05) is 4.90 Å². The maximum Gasteiger partial charge on any atom is 0.126 e. The van der Waals surface area contributed by atoms with E-state index in [1.54, 1.807) is 12.1 Å². The average Bonchev–Trinajstić information content (AvgIpc) is 3.57. The van der Waals surface area contributed by atoms with E-state index in [0.717, 1.165) is 34.1 Å². The molecule has 0 bridgehead atoms. The molecule has 224 valence electrons. The van der Waals surface area contributed by atoms with Crippen molar-refractivity contribution in [1.82, 2.24) is 0 Å². The lowest BCUT2D eigenvalue weighted by Crippen LogP contribution is -2.26. The topological polar surface area (TPSA) is 3.24 Å². The summed E-state index contributed by atoms with van der Waals surface area (Å²) >= 11 is 0. The molecule has 1 spiro atoms. The summed E-state index contributed by atoms with van der Waals surface area (Å²) in [6.45, 7) is 0. The molecule has 7 aromatic rings. The first-order chi connectivity index (χ1) is 23.1. The summed E-state index contributed by atoms with van der Waals surface area (Å²) < 4.78 is 43.6. The molecule has 0 unspecified atom stereocenters. The highest BCUT2D eigenvalue weighted by Crippen LogP contribution is 2.64. The lowest BCUT2D eigenvalue weighted by atomic mass is 9.70. The molecule has 9 rings (SSSR count). The van der Waals surface area contributed by atoms with Crippen molar-refractivity contribution in [3.8, 4) is 33.4 Å². The maximum absolute atomic E-state index is 14.6. The molecule has 0 aromatic heterocycles. The second-order valence-electron chi connectivity index (χ2n) is 12.1. The van der Waals surface area contributed by atoms with Crippen molar-refractivity contribution in [2.45, 2.75) is 5.41 Å². The van der Waals surface area contributed by atoms with Gasteiger partial charge in [-0.15, -0.1) is 0 Å². The average molecular weight is 614 g/mol. The minimum absolute atomic E-state index is 0.351. The molecule has 0 amide bonds. The largest absolute Gasteiger partial charge is 0.309 e. The van der Waals surface area contributed by atoms with E-state index < -0.39 is 17.0 Å². The van der Waals surface area contributed by atoms with E-state index in [4.69, 9.17) is 0 Å². The second kappa shape index (κ2) is 10.3. The number of halogens is 3. The fraction of sp³-hybridized carbons (Fsp3) is 0.0233. The molecule has 2 aliphatic carbocycles. The van der Waals surface area contributed by atoms with Gasteiger partial charge in [-0.05, 0) is 93.0 Å². The quantitative estimate of drug-likeness (QED) is 0.191. The first kappa shape index (κ1) is 27.4. The van der Waals surface area contributed by atoms with Gasteiger partial charge in [0.1, 0.15) is 17.5 Å². The molecule has 7 aromatic carbocycles. The van der Waals surface area contributed by atoms with Crippen LogP contribution in [0.2, 0.25) is 0 Å². The van der Waals surface area contributed by atoms with Gasteiger partial charge in [0.25, 0.3) is 0 Å². The van der Waals surface area contributed by atoms with Gasteiger partial charge in [-0.2, -0.15) is 0 Å². The minimum atomic E-state index is -0.654. The molecule has 0 saturated carbocycles. The fourth-order valence-corrected chi connectivity index (χ4v) is 7.93. The normalized spacial score (nSPS) is 13.2. The van der Waals surface area contributed by atoms with Crippen LogP contribution in [0.25, 0.3) is 33.4 Å². The molecule has 4 heteroatoms. The third kappa shape index (κ3) is 3.91. The molecular weight excluding hydrogens is 587 g/mol. The summed E-state index contributed by atoms with van der Waals surface area (Å²) in [6.07, 6.45) is 0. The first-order valence-electron chi connectivity index (χ1n) is 15.6. The van der Waals surface area contributed by atoms with Gasteiger partial charge in [0.05, 0.1) is 16.8 Å². The zero-order valence-electron chi connectivity index (χ0n) is 25.1. The molecule has 0 fully saturated rings. The van der Waals surface area contributed by atoms with Crippen molar-refractivity contribution in [1.29, 1.82) is 0 Å². The van der Waals surface area contributed by atoms with E-state index >= 15 is 0 Å². The van der Waals surface area contributed by atoms with Gasteiger partial charge in [-0.25, -0.2) is 13.2 Å². The van der Waals surface area contributed by atoms with Crippen LogP contribution in [-0.4, -0.2) is 0 Å². The van der Waals surface area contributed by atoms with Gasteiger partial charge in [-0.3, -0.25) is 0 Å². The third-order valence-corrected chi connectivity index (χ3v) is 9.64. The highest BCUT2D eigenvalue weighted by atomic mass is 19.1. The first-order valence-corrected chi connectivity index (χ1v) is 15.6. The zero-order chi connectivity index (χ0) is 31.7. The standard InChI is InChI=1S/C43H26F3N/c44-28-20-22-31(23-21-28)47(40-18-8-4-10-32(40)27-24-29(45)26-30(46)25-27)41-19-9-17-39-42(41)35-13-3-7-16-38(35)43(39)36-14-5-1-11-33(36)34-12-2-6-15-37(34)43/h1-26H. The van der Waals surface area contributed by atoms with E-state index in [-0.39, 0.29) is 5.82 Å². The molecule has 0 N–H and O–H groups in total. The van der Waals surface area contributed by atoms with E-state index in [2.05, 4.69) is 95.9 Å². The smallest absolute Gasteiger partial charge is 0.126 e. The Labute approximate surface area is 270 Å². The molecule has 1 nitrogen and oxygen atoms in total. The Hall–Kier alpha value is -5.87. The highest BCUT2D eigenvalue weighted by Gasteiger charge is 2.52. The number of hydrogen-bond acceptors (Lipinski definition) is 1. The molecule has 0 heterocycles. The molecule has 0 radical (unpaired) electrons. The summed E-state index contributed by atoms with van der Waals surface area (Å²) in [6, 6.07) is 49.7. The summed E-state index contributed by atoms with van der Waals surface area (Å²) in [5, 5.41) is 0. The number of hydrogen-bond donors (Lipinski definition) is 0. The Morgan fingerprint density at radius 1 is 0.383 bits per heavy atom. The van der Waals surface area contributed by atoms with Crippen molar-refractivity contribution in [3.63, 3.8) is 0 Å². The fourth-order valence-electron chi connectivity index (χ4n) is 7.93. The third-order valence-electron chi connectivity index (χ3n) is 9.64. The number of para-hydroxylation sites is 1. The van der Waals surface area contributed by atoms with Crippen LogP contribution in [0.15, 0.2) is 158 Å². The van der Waals surface area contributed by atoms with Crippen LogP contribution in [0.1, 0.15) is 22.3 Å². The molecular formula is C43H26F3N. The van der Waals surface area contributed by atoms with Gasteiger partial charge >= 0.3 is 0 Å². The molecule has 0 aliphatic heterocycles. The van der Waals surface area contributed by atoms with Crippen LogP contribution < -0.4 is 4.90 Å². The number of nitrogens with zero attached hydrogens (tertiary/aromatic N) is 1. The number of benzene rings is 7. The lowest BCUT2D eigenvalue weighted by molar-refractivity contribution is 0.584. The van der Waals surface area contributed by atoms with Crippen LogP contribution in [0, 0.1) is 17.5 Å². The van der Waals surface area contributed by atoms with Gasteiger partial charge in [0, 0.05) is 22.9 Å². The van der Waals surface area contributed by atoms with Crippen LogP contribution >= 0.6 is 0 Å². The summed E-state index contributed by atoms with van der Waals surface area (Å²) in [5.74, 6) is -1.66. The Kier molecular flexibility index (Phi) is 6.03. The van der Waals surface area contributed by atoms with Crippen molar-refractivity contribution >= 4 is 17.1 Å². The zero-order valence-corrected chi connectivity index (χ0v) is 25.1. The van der Waals surface area contributed by atoms with Gasteiger partial charge < -0.3 is 4.90 Å². The Bertz CT molecular complexity index is 2290. The summed E-state index contributed by atoms with van der Waals surface area (Å²) in [5.41, 5.74) is 12.2. The van der Waals surface area contributed by atoms with Crippen LogP contribution in [0.3, 0.4) is 0 Å². The van der Waals surface area contributed by atoms with Crippen molar-refractivity contribution in [3.05, 3.63) is 197 Å². The van der Waals surface area contributed by atoms with Gasteiger partial charge in [-0.1, -0.05) is 103 Å². The predicted octanol–water partition coefficient (Wildman–Crippen LogP) is 11.6.